The summed E-state index contributed by atoms with van der Waals surface area (Å²) in [6.07, 6.45) is 8.81. The second-order valence-corrected chi connectivity index (χ2v) is 3.46. The smallest absolute Gasteiger partial charge is 0.0492 e. The van der Waals surface area contributed by atoms with Crippen LogP contribution in [0, 0.1) is 12.3 Å². The zero-order valence-corrected chi connectivity index (χ0v) is 8.83. The third kappa shape index (κ3) is 3.23. The van der Waals surface area contributed by atoms with Crippen molar-refractivity contribution in [1.82, 2.24) is 15.1 Å². The zero-order chi connectivity index (χ0) is 10.4. The van der Waals surface area contributed by atoms with E-state index in [2.05, 4.69) is 23.3 Å². The summed E-state index contributed by atoms with van der Waals surface area (Å²) in [5.74, 6) is 2.64. The van der Waals surface area contributed by atoms with Gasteiger partial charge in [0.2, 0.25) is 0 Å². The fourth-order valence-electron chi connectivity index (χ4n) is 1.34. The Bertz CT molecular complexity index is 309. The lowest BCUT2D eigenvalue weighted by molar-refractivity contribution is 0.551. The lowest BCUT2D eigenvalue weighted by atomic mass is 10.2. The molecule has 0 amide bonds. The van der Waals surface area contributed by atoms with Gasteiger partial charge in [0.25, 0.3) is 0 Å². The van der Waals surface area contributed by atoms with Crippen molar-refractivity contribution in [2.45, 2.75) is 25.8 Å². The van der Waals surface area contributed by atoms with Gasteiger partial charge in [-0.2, -0.15) is 5.10 Å². The Balaban J connectivity index is 2.23. The zero-order valence-electron chi connectivity index (χ0n) is 8.83. The lowest BCUT2D eigenvalue weighted by Gasteiger charge is -2.10. The maximum Gasteiger partial charge on any atom is 0.0492 e. The number of aromatic nitrogens is 2. The Hall–Kier alpha value is -1.27. The van der Waals surface area contributed by atoms with Gasteiger partial charge in [-0.15, -0.1) is 12.3 Å². The summed E-state index contributed by atoms with van der Waals surface area (Å²) in [6.45, 7) is 3.05. The SMILES string of the molecule is C#CCC(C)NCCc1ccnn1C. The molecule has 0 radical (unpaired) electrons. The van der Waals surface area contributed by atoms with E-state index in [9.17, 15) is 0 Å². The molecule has 0 spiro atoms. The lowest BCUT2D eigenvalue weighted by Crippen LogP contribution is -2.28. The first kappa shape index (κ1) is 10.8. The van der Waals surface area contributed by atoms with Crippen molar-refractivity contribution in [2.75, 3.05) is 6.54 Å². The average Bonchev–Trinajstić information content (AvgIpc) is 2.52. The number of terminal acetylenes is 1. The Morgan fingerprint density at radius 2 is 2.50 bits per heavy atom. The minimum absolute atomic E-state index is 0.397. The van der Waals surface area contributed by atoms with E-state index in [4.69, 9.17) is 6.42 Å². The molecule has 1 heterocycles. The number of nitrogens with one attached hydrogen (secondary N) is 1. The molecule has 0 saturated heterocycles. The molecule has 14 heavy (non-hydrogen) atoms. The van der Waals surface area contributed by atoms with Gasteiger partial charge >= 0.3 is 0 Å². The molecular formula is C11H17N3. The molecule has 1 atom stereocenters. The molecule has 1 aromatic rings. The Morgan fingerprint density at radius 3 is 3.07 bits per heavy atom. The van der Waals surface area contributed by atoms with Crippen LogP contribution in [0.4, 0.5) is 0 Å². The summed E-state index contributed by atoms with van der Waals surface area (Å²) in [5, 5.41) is 7.47. The van der Waals surface area contributed by atoms with Crippen LogP contribution in [0.1, 0.15) is 19.0 Å². The van der Waals surface area contributed by atoms with E-state index >= 15 is 0 Å². The molecule has 1 aromatic heterocycles. The van der Waals surface area contributed by atoms with Gasteiger partial charge in [0.15, 0.2) is 0 Å². The van der Waals surface area contributed by atoms with Crippen LogP contribution in [0.25, 0.3) is 0 Å². The number of hydrogen-bond acceptors (Lipinski definition) is 2. The highest BCUT2D eigenvalue weighted by Crippen LogP contribution is 1.97. The van der Waals surface area contributed by atoms with Gasteiger partial charge in [0.05, 0.1) is 0 Å². The van der Waals surface area contributed by atoms with Crippen LogP contribution in [0.2, 0.25) is 0 Å². The molecule has 0 aliphatic rings. The van der Waals surface area contributed by atoms with E-state index in [0.717, 1.165) is 19.4 Å². The largest absolute Gasteiger partial charge is 0.313 e. The Labute approximate surface area is 85.5 Å². The van der Waals surface area contributed by atoms with Crippen LogP contribution in [0.5, 0.6) is 0 Å². The minimum Gasteiger partial charge on any atom is -0.313 e. The van der Waals surface area contributed by atoms with E-state index in [0.29, 0.717) is 6.04 Å². The number of hydrogen-bond donors (Lipinski definition) is 1. The first-order valence-corrected chi connectivity index (χ1v) is 4.87. The average molecular weight is 191 g/mol. The molecule has 0 aliphatic carbocycles. The molecule has 0 bridgehead atoms. The molecule has 3 heteroatoms. The van der Waals surface area contributed by atoms with E-state index in [1.165, 1.54) is 5.69 Å². The molecule has 1 N–H and O–H groups in total. The molecule has 1 unspecified atom stereocenters. The van der Waals surface area contributed by atoms with Crippen LogP contribution in [-0.4, -0.2) is 22.4 Å². The Kier molecular flexibility index (Phi) is 4.21. The maximum atomic E-state index is 5.22. The monoisotopic (exact) mass is 191 g/mol. The highest BCUT2D eigenvalue weighted by atomic mass is 15.3. The van der Waals surface area contributed by atoms with Crippen LogP contribution < -0.4 is 5.32 Å². The molecule has 0 aliphatic heterocycles. The quantitative estimate of drug-likeness (QED) is 0.703. The van der Waals surface area contributed by atoms with Crippen LogP contribution in [0.3, 0.4) is 0 Å². The van der Waals surface area contributed by atoms with Gasteiger partial charge in [-0.05, 0) is 13.0 Å². The summed E-state index contributed by atoms with van der Waals surface area (Å²) >= 11 is 0. The van der Waals surface area contributed by atoms with Gasteiger partial charge in [0, 0.05) is 44.4 Å². The molecule has 0 aromatic carbocycles. The molecule has 1 rings (SSSR count). The summed E-state index contributed by atoms with van der Waals surface area (Å²) in [7, 11) is 1.96. The molecule has 0 fully saturated rings. The summed E-state index contributed by atoms with van der Waals surface area (Å²) in [6, 6.07) is 2.43. The number of rotatable bonds is 5. The third-order valence-electron chi connectivity index (χ3n) is 2.22. The van der Waals surface area contributed by atoms with Gasteiger partial charge < -0.3 is 5.32 Å². The Morgan fingerprint density at radius 1 is 1.71 bits per heavy atom. The van der Waals surface area contributed by atoms with Crippen molar-refractivity contribution in [3.05, 3.63) is 18.0 Å². The summed E-state index contributed by atoms with van der Waals surface area (Å²) in [4.78, 5) is 0. The van der Waals surface area contributed by atoms with Crippen molar-refractivity contribution < 1.29 is 0 Å². The predicted molar refractivity (Wildman–Crippen MR) is 57.8 cm³/mol. The van der Waals surface area contributed by atoms with Crippen LogP contribution in [-0.2, 0) is 13.5 Å². The van der Waals surface area contributed by atoms with E-state index in [-0.39, 0.29) is 0 Å². The first-order chi connectivity index (χ1) is 6.74. The van der Waals surface area contributed by atoms with E-state index in [1.54, 1.807) is 0 Å². The van der Waals surface area contributed by atoms with Crippen molar-refractivity contribution in [1.29, 1.82) is 0 Å². The van der Waals surface area contributed by atoms with E-state index in [1.807, 2.05) is 24.0 Å². The highest BCUT2D eigenvalue weighted by molar-refractivity contribution is 5.00. The summed E-state index contributed by atoms with van der Waals surface area (Å²) < 4.78 is 1.90. The molecule has 3 nitrogen and oxygen atoms in total. The molecular weight excluding hydrogens is 174 g/mol. The number of aryl methyl sites for hydroxylation is 1. The topological polar surface area (TPSA) is 29.9 Å². The predicted octanol–water partition coefficient (Wildman–Crippen LogP) is 0.964. The normalized spacial score (nSPS) is 12.4. The fraction of sp³-hybridized carbons (Fsp3) is 0.545. The minimum atomic E-state index is 0.397. The van der Waals surface area contributed by atoms with Gasteiger partial charge in [-0.3, -0.25) is 4.68 Å². The van der Waals surface area contributed by atoms with Gasteiger partial charge in [-0.1, -0.05) is 0 Å². The highest BCUT2D eigenvalue weighted by Gasteiger charge is 2.00. The van der Waals surface area contributed by atoms with Crippen LogP contribution in [0.15, 0.2) is 12.3 Å². The fourth-order valence-corrected chi connectivity index (χ4v) is 1.34. The van der Waals surface area contributed by atoms with Gasteiger partial charge in [0.1, 0.15) is 0 Å². The second-order valence-electron chi connectivity index (χ2n) is 3.46. The first-order valence-electron chi connectivity index (χ1n) is 4.87. The third-order valence-corrected chi connectivity index (χ3v) is 2.22. The summed E-state index contributed by atoms with van der Waals surface area (Å²) in [5.41, 5.74) is 1.24. The van der Waals surface area contributed by atoms with Crippen molar-refractivity contribution in [3.63, 3.8) is 0 Å². The molecule has 0 saturated carbocycles. The van der Waals surface area contributed by atoms with Crippen LogP contribution >= 0.6 is 0 Å². The molecule has 76 valence electrons. The van der Waals surface area contributed by atoms with E-state index < -0.39 is 0 Å². The maximum absolute atomic E-state index is 5.22. The number of nitrogens with zero attached hydrogens (tertiary/aromatic N) is 2. The van der Waals surface area contributed by atoms with Crippen molar-refractivity contribution >= 4 is 0 Å². The second kappa shape index (κ2) is 5.46. The van der Waals surface area contributed by atoms with Crippen molar-refractivity contribution in [3.8, 4) is 12.3 Å². The van der Waals surface area contributed by atoms with Gasteiger partial charge in [-0.25, -0.2) is 0 Å². The standard InChI is InChI=1S/C11H17N3/c1-4-5-10(2)12-8-6-11-7-9-13-14(11)3/h1,7,9-10,12H,5-6,8H2,2-3H3. The van der Waals surface area contributed by atoms with Crippen molar-refractivity contribution in [2.24, 2.45) is 7.05 Å².